The number of carbonyl (C=O) groups excluding carboxylic acids is 1. The van der Waals surface area contributed by atoms with E-state index < -0.39 is 0 Å². The molecule has 1 aliphatic rings. The van der Waals surface area contributed by atoms with E-state index in [-0.39, 0.29) is 11.9 Å². The summed E-state index contributed by atoms with van der Waals surface area (Å²) in [6.07, 6.45) is 3.41. The first-order valence-corrected chi connectivity index (χ1v) is 6.78. The van der Waals surface area contributed by atoms with Gasteiger partial charge in [0.1, 0.15) is 0 Å². The van der Waals surface area contributed by atoms with E-state index in [1.54, 1.807) is 6.20 Å². The fraction of sp³-hybridized carbons (Fsp3) is 0.583. The van der Waals surface area contributed by atoms with Crippen molar-refractivity contribution in [2.75, 3.05) is 19.6 Å². The number of carbonyl (C=O) groups is 1. The van der Waals surface area contributed by atoms with E-state index in [0.717, 1.165) is 31.6 Å². The van der Waals surface area contributed by atoms with Gasteiger partial charge >= 0.3 is 0 Å². The highest BCUT2D eigenvalue weighted by atomic mass is 32.1. The number of aromatic nitrogens is 2. The SMILES string of the molecule is Cc1[nH]ncc1C(=O)NC1CCN(CC(N)=S)CC1. The van der Waals surface area contributed by atoms with Crippen molar-refractivity contribution in [3.63, 3.8) is 0 Å². The van der Waals surface area contributed by atoms with Crippen LogP contribution in [0.5, 0.6) is 0 Å². The van der Waals surface area contributed by atoms with Gasteiger partial charge in [0.2, 0.25) is 0 Å². The molecule has 0 spiro atoms. The van der Waals surface area contributed by atoms with Crippen molar-refractivity contribution in [3.05, 3.63) is 17.5 Å². The fourth-order valence-corrected chi connectivity index (χ4v) is 2.48. The molecule has 1 aliphatic heterocycles. The van der Waals surface area contributed by atoms with E-state index in [2.05, 4.69) is 20.4 Å². The van der Waals surface area contributed by atoms with Crippen LogP contribution in [0.3, 0.4) is 0 Å². The van der Waals surface area contributed by atoms with E-state index in [9.17, 15) is 4.79 Å². The van der Waals surface area contributed by atoms with E-state index in [0.29, 0.717) is 17.1 Å². The maximum absolute atomic E-state index is 12.0. The lowest BCUT2D eigenvalue weighted by molar-refractivity contribution is 0.0914. The number of likely N-dealkylation sites (tertiary alicyclic amines) is 1. The van der Waals surface area contributed by atoms with Crippen molar-refractivity contribution in [2.24, 2.45) is 5.73 Å². The largest absolute Gasteiger partial charge is 0.392 e. The molecular weight excluding hydrogens is 262 g/mol. The van der Waals surface area contributed by atoms with Crippen molar-refractivity contribution in [1.29, 1.82) is 0 Å². The van der Waals surface area contributed by atoms with Gasteiger partial charge in [0.05, 0.1) is 16.7 Å². The summed E-state index contributed by atoms with van der Waals surface area (Å²) < 4.78 is 0. The van der Waals surface area contributed by atoms with E-state index in [1.807, 2.05) is 6.92 Å². The van der Waals surface area contributed by atoms with Crippen LogP contribution in [-0.2, 0) is 0 Å². The standard InChI is InChI=1S/C12H19N5OS/c1-8-10(6-14-16-8)12(18)15-9-2-4-17(5-3-9)7-11(13)19/h6,9H,2-5,7H2,1H3,(H2,13,19)(H,14,16)(H,15,18). The molecular formula is C12H19N5OS. The highest BCUT2D eigenvalue weighted by Gasteiger charge is 2.22. The summed E-state index contributed by atoms with van der Waals surface area (Å²) in [4.78, 5) is 14.8. The molecule has 6 nitrogen and oxygen atoms in total. The highest BCUT2D eigenvalue weighted by Crippen LogP contribution is 2.11. The quantitative estimate of drug-likeness (QED) is 0.686. The maximum atomic E-state index is 12.0. The summed E-state index contributed by atoms with van der Waals surface area (Å²) in [7, 11) is 0. The Morgan fingerprint density at radius 1 is 1.63 bits per heavy atom. The molecule has 7 heteroatoms. The predicted octanol–water partition coefficient (Wildman–Crippen LogP) is 0.198. The third-order valence-corrected chi connectivity index (χ3v) is 3.51. The van der Waals surface area contributed by atoms with Crippen LogP contribution in [0, 0.1) is 6.92 Å². The number of hydrogen-bond donors (Lipinski definition) is 3. The number of aromatic amines is 1. The molecule has 1 fully saturated rings. The number of nitrogens with two attached hydrogens (primary N) is 1. The Bertz CT molecular complexity index is 464. The molecule has 19 heavy (non-hydrogen) atoms. The second-order valence-corrected chi connectivity index (χ2v) is 5.42. The number of nitrogens with one attached hydrogen (secondary N) is 2. The van der Waals surface area contributed by atoms with Gasteiger partial charge in [0.25, 0.3) is 5.91 Å². The number of H-pyrrole nitrogens is 1. The first kappa shape index (κ1) is 14.0. The van der Waals surface area contributed by atoms with Gasteiger partial charge in [-0.2, -0.15) is 5.10 Å². The summed E-state index contributed by atoms with van der Waals surface area (Å²) in [5, 5.41) is 9.67. The fourth-order valence-electron chi connectivity index (χ4n) is 2.30. The van der Waals surface area contributed by atoms with Crippen molar-refractivity contribution in [2.45, 2.75) is 25.8 Å². The average Bonchev–Trinajstić information content (AvgIpc) is 2.77. The topological polar surface area (TPSA) is 87.0 Å². The van der Waals surface area contributed by atoms with Crippen LogP contribution >= 0.6 is 12.2 Å². The minimum absolute atomic E-state index is 0.0564. The molecule has 1 amide bonds. The molecule has 0 aromatic carbocycles. The number of nitrogens with zero attached hydrogens (tertiary/aromatic N) is 2. The Morgan fingerprint density at radius 2 is 2.32 bits per heavy atom. The molecule has 0 atom stereocenters. The summed E-state index contributed by atoms with van der Waals surface area (Å²) in [6.45, 7) is 4.32. The summed E-state index contributed by atoms with van der Waals surface area (Å²) >= 11 is 4.90. The molecule has 2 heterocycles. The van der Waals surface area contributed by atoms with Crippen LogP contribution in [0.15, 0.2) is 6.20 Å². The highest BCUT2D eigenvalue weighted by molar-refractivity contribution is 7.80. The Hall–Kier alpha value is -1.47. The van der Waals surface area contributed by atoms with Gasteiger partial charge < -0.3 is 11.1 Å². The summed E-state index contributed by atoms with van der Waals surface area (Å²) in [5.74, 6) is -0.0564. The Kier molecular flexibility index (Phi) is 4.49. The van der Waals surface area contributed by atoms with Crippen LogP contribution < -0.4 is 11.1 Å². The van der Waals surface area contributed by atoms with Gasteiger partial charge in [-0.1, -0.05) is 12.2 Å². The molecule has 0 radical (unpaired) electrons. The van der Waals surface area contributed by atoms with Gasteiger partial charge in [-0.05, 0) is 19.8 Å². The van der Waals surface area contributed by atoms with Crippen LogP contribution in [0.4, 0.5) is 0 Å². The van der Waals surface area contributed by atoms with Gasteiger partial charge in [0, 0.05) is 31.4 Å². The lowest BCUT2D eigenvalue weighted by Gasteiger charge is -2.31. The molecule has 0 unspecified atom stereocenters. The zero-order valence-electron chi connectivity index (χ0n) is 11.0. The summed E-state index contributed by atoms with van der Waals surface area (Å²) in [5.41, 5.74) is 6.94. The smallest absolute Gasteiger partial charge is 0.254 e. The van der Waals surface area contributed by atoms with Crippen molar-refractivity contribution >= 4 is 23.1 Å². The first-order chi connectivity index (χ1) is 9.06. The molecule has 0 bridgehead atoms. The Morgan fingerprint density at radius 3 is 2.84 bits per heavy atom. The number of hydrogen-bond acceptors (Lipinski definition) is 4. The van der Waals surface area contributed by atoms with Crippen molar-refractivity contribution in [3.8, 4) is 0 Å². The number of aryl methyl sites for hydroxylation is 1. The maximum Gasteiger partial charge on any atom is 0.254 e. The summed E-state index contributed by atoms with van der Waals surface area (Å²) in [6, 6.07) is 0.212. The molecule has 104 valence electrons. The minimum atomic E-state index is -0.0564. The van der Waals surface area contributed by atoms with Gasteiger partial charge in [-0.15, -0.1) is 0 Å². The Balaban J connectivity index is 1.81. The second-order valence-electron chi connectivity index (χ2n) is 4.90. The first-order valence-electron chi connectivity index (χ1n) is 6.37. The molecule has 4 N–H and O–H groups in total. The lowest BCUT2D eigenvalue weighted by Crippen LogP contribution is -2.46. The van der Waals surface area contributed by atoms with E-state index in [4.69, 9.17) is 18.0 Å². The van der Waals surface area contributed by atoms with Crippen LogP contribution in [0.1, 0.15) is 28.9 Å². The Labute approximate surface area is 117 Å². The third kappa shape index (κ3) is 3.74. The van der Waals surface area contributed by atoms with Gasteiger partial charge in [-0.3, -0.25) is 14.8 Å². The second kappa shape index (κ2) is 6.12. The van der Waals surface area contributed by atoms with Crippen molar-refractivity contribution in [1.82, 2.24) is 20.4 Å². The lowest BCUT2D eigenvalue weighted by atomic mass is 10.0. The van der Waals surface area contributed by atoms with Crippen molar-refractivity contribution < 1.29 is 4.79 Å². The van der Waals surface area contributed by atoms with E-state index >= 15 is 0 Å². The number of thiocarbonyl (C=S) groups is 1. The predicted molar refractivity (Wildman–Crippen MR) is 77.0 cm³/mol. The van der Waals surface area contributed by atoms with Crippen LogP contribution in [0.25, 0.3) is 0 Å². The van der Waals surface area contributed by atoms with Gasteiger partial charge in [-0.25, -0.2) is 0 Å². The van der Waals surface area contributed by atoms with E-state index in [1.165, 1.54) is 0 Å². The van der Waals surface area contributed by atoms with Crippen LogP contribution in [0.2, 0.25) is 0 Å². The number of amides is 1. The average molecular weight is 281 g/mol. The normalized spacial score (nSPS) is 17.3. The molecule has 1 aromatic heterocycles. The van der Waals surface area contributed by atoms with Crippen LogP contribution in [-0.4, -0.2) is 51.7 Å². The zero-order valence-corrected chi connectivity index (χ0v) is 11.8. The molecule has 1 saturated heterocycles. The minimum Gasteiger partial charge on any atom is -0.392 e. The number of piperidine rings is 1. The molecule has 0 saturated carbocycles. The molecule has 1 aromatic rings. The third-order valence-electron chi connectivity index (χ3n) is 3.38. The number of rotatable bonds is 4. The zero-order chi connectivity index (χ0) is 13.8. The molecule has 2 rings (SSSR count). The molecule has 0 aliphatic carbocycles. The van der Waals surface area contributed by atoms with Gasteiger partial charge in [0.15, 0.2) is 0 Å². The monoisotopic (exact) mass is 281 g/mol.